The molecular weight excluding hydrogens is 416 g/mol. The molecule has 162 valence electrons. The molecule has 2 aromatic heterocycles. The van der Waals surface area contributed by atoms with Crippen molar-refractivity contribution in [3.8, 4) is 5.75 Å². The van der Waals surface area contributed by atoms with E-state index in [0.717, 1.165) is 0 Å². The molecule has 0 aliphatic carbocycles. The van der Waals surface area contributed by atoms with Gasteiger partial charge in [-0.2, -0.15) is 0 Å². The number of thioether (sulfide) groups is 1. The first-order chi connectivity index (χ1) is 15.0. The Labute approximate surface area is 184 Å². The fraction of sp³-hybridized carbons (Fsp3) is 0.286. The maximum absolute atomic E-state index is 12.6. The molecule has 0 saturated heterocycles. The predicted molar refractivity (Wildman–Crippen MR) is 118 cm³/mol. The van der Waals surface area contributed by atoms with Crippen LogP contribution in [-0.4, -0.2) is 44.4 Å². The molecular formula is C21H24N6O3S. The number of nitrogens with one attached hydrogen (secondary N) is 2. The second kappa shape index (κ2) is 10.6. The van der Waals surface area contributed by atoms with Gasteiger partial charge in [0.15, 0.2) is 11.0 Å². The van der Waals surface area contributed by atoms with Crippen LogP contribution in [0.25, 0.3) is 0 Å². The van der Waals surface area contributed by atoms with E-state index in [1.165, 1.54) is 11.8 Å². The number of methoxy groups -OCH3 is 1. The molecule has 2 amide bonds. The summed E-state index contributed by atoms with van der Waals surface area (Å²) in [5.41, 5.74) is 1.16. The molecule has 2 N–H and O–H groups in total. The Kier molecular flexibility index (Phi) is 7.60. The highest BCUT2D eigenvalue weighted by molar-refractivity contribution is 7.99. The molecule has 3 aromatic rings. The van der Waals surface area contributed by atoms with Crippen LogP contribution in [-0.2, 0) is 11.3 Å². The van der Waals surface area contributed by atoms with E-state index in [1.807, 2.05) is 18.4 Å². The number of pyridine rings is 1. The Hall–Kier alpha value is -3.40. The van der Waals surface area contributed by atoms with Crippen LogP contribution in [0.15, 0.2) is 53.9 Å². The summed E-state index contributed by atoms with van der Waals surface area (Å²) in [6.07, 6.45) is 3.23. The molecule has 0 fully saturated rings. The lowest BCUT2D eigenvalue weighted by molar-refractivity contribution is -0.113. The van der Waals surface area contributed by atoms with Crippen LogP contribution in [0.4, 0.5) is 5.69 Å². The summed E-state index contributed by atoms with van der Waals surface area (Å²) in [5.74, 6) is 1.11. The molecule has 1 atom stereocenters. The van der Waals surface area contributed by atoms with E-state index in [1.54, 1.807) is 55.9 Å². The number of carbonyl (C=O) groups excluding carboxylic acids is 2. The van der Waals surface area contributed by atoms with Gasteiger partial charge in [-0.25, -0.2) is 0 Å². The van der Waals surface area contributed by atoms with Gasteiger partial charge in [-0.1, -0.05) is 11.8 Å². The summed E-state index contributed by atoms with van der Waals surface area (Å²) in [4.78, 5) is 28.7. The highest BCUT2D eigenvalue weighted by Gasteiger charge is 2.20. The van der Waals surface area contributed by atoms with Crippen molar-refractivity contribution in [1.82, 2.24) is 25.1 Å². The third-order valence-electron chi connectivity index (χ3n) is 4.43. The van der Waals surface area contributed by atoms with Gasteiger partial charge in [-0.05, 0) is 50.2 Å². The summed E-state index contributed by atoms with van der Waals surface area (Å²) >= 11 is 1.29. The van der Waals surface area contributed by atoms with Crippen molar-refractivity contribution in [2.75, 3.05) is 18.2 Å². The van der Waals surface area contributed by atoms with Gasteiger partial charge in [-0.15, -0.1) is 10.2 Å². The predicted octanol–water partition coefficient (Wildman–Crippen LogP) is 2.92. The summed E-state index contributed by atoms with van der Waals surface area (Å²) in [5, 5.41) is 14.8. The molecule has 2 heterocycles. The Morgan fingerprint density at radius 1 is 1.19 bits per heavy atom. The number of carbonyl (C=O) groups is 2. The monoisotopic (exact) mass is 440 g/mol. The smallest absolute Gasteiger partial charge is 0.251 e. The number of hydrogen-bond acceptors (Lipinski definition) is 7. The maximum Gasteiger partial charge on any atom is 0.251 e. The first kappa shape index (κ1) is 22.3. The maximum atomic E-state index is 12.6. The van der Waals surface area contributed by atoms with Crippen LogP contribution < -0.4 is 15.4 Å². The van der Waals surface area contributed by atoms with Gasteiger partial charge in [0.05, 0.1) is 30.8 Å². The fourth-order valence-electron chi connectivity index (χ4n) is 2.88. The average Bonchev–Trinajstić information content (AvgIpc) is 3.21. The zero-order valence-corrected chi connectivity index (χ0v) is 18.3. The quantitative estimate of drug-likeness (QED) is 0.492. The van der Waals surface area contributed by atoms with Crippen molar-refractivity contribution in [3.05, 3.63) is 60.2 Å². The molecule has 3 rings (SSSR count). The number of hydrogen-bond donors (Lipinski definition) is 2. The Balaban J connectivity index is 1.61. The van der Waals surface area contributed by atoms with Crippen LogP contribution in [0.1, 0.15) is 36.1 Å². The molecule has 10 heteroatoms. The topological polar surface area (TPSA) is 111 Å². The average molecular weight is 441 g/mol. The summed E-state index contributed by atoms with van der Waals surface area (Å²) in [6.45, 7) is 4.42. The normalized spacial score (nSPS) is 11.6. The van der Waals surface area contributed by atoms with Crippen molar-refractivity contribution in [1.29, 1.82) is 0 Å². The minimum Gasteiger partial charge on any atom is -0.497 e. The molecule has 0 spiro atoms. The van der Waals surface area contributed by atoms with Crippen LogP contribution in [0, 0.1) is 0 Å². The van der Waals surface area contributed by atoms with E-state index in [9.17, 15) is 9.59 Å². The van der Waals surface area contributed by atoms with E-state index in [-0.39, 0.29) is 23.6 Å². The number of amides is 2. The molecule has 0 radical (unpaired) electrons. The van der Waals surface area contributed by atoms with Crippen LogP contribution in [0.5, 0.6) is 5.75 Å². The highest BCUT2D eigenvalue weighted by atomic mass is 32.2. The van der Waals surface area contributed by atoms with Crippen molar-refractivity contribution < 1.29 is 14.3 Å². The van der Waals surface area contributed by atoms with Gasteiger partial charge < -0.3 is 19.9 Å². The number of benzene rings is 1. The van der Waals surface area contributed by atoms with Gasteiger partial charge in [0.25, 0.3) is 5.91 Å². The molecule has 0 aliphatic heterocycles. The zero-order valence-electron chi connectivity index (χ0n) is 17.5. The third kappa shape index (κ3) is 5.82. The van der Waals surface area contributed by atoms with Crippen LogP contribution in [0.2, 0.25) is 0 Å². The molecule has 0 saturated carbocycles. The van der Waals surface area contributed by atoms with Gasteiger partial charge in [0.2, 0.25) is 5.91 Å². The van der Waals surface area contributed by atoms with Crippen molar-refractivity contribution in [3.63, 3.8) is 0 Å². The van der Waals surface area contributed by atoms with Gasteiger partial charge in [0.1, 0.15) is 5.75 Å². The third-order valence-corrected chi connectivity index (χ3v) is 5.39. The van der Waals surface area contributed by atoms with E-state index >= 15 is 0 Å². The number of anilines is 1. The number of rotatable bonds is 9. The van der Waals surface area contributed by atoms with Gasteiger partial charge in [0, 0.05) is 18.3 Å². The number of aromatic nitrogens is 4. The Morgan fingerprint density at radius 2 is 1.97 bits per heavy atom. The van der Waals surface area contributed by atoms with Gasteiger partial charge >= 0.3 is 0 Å². The second-order valence-electron chi connectivity index (χ2n) is 6.59. The van der Waals surface area contributed by atoms with Crippen molar-refractivity contribution in [2.45, 2.75) is 31.6 Å². The summed E-state index contributed by atoms with van der Waals surface area (Å²) in [7, 11) is 1.58. The largest absolute Gasteiger partial charge is 0.497 e. The van der Waals surface area contributed by atoms with Crippen molar-refractivity contribution in [2.24, 2.45) is 0 Å². The molecule has 0 unspecified atom stereocenters. The van der Waals surface area contributed by atoms with Crippen molar-refractivity contribution >= 4 is 29.3 Å². The first-order valence-corrected chi connectivity index (χ1v) is 10.7. The molecule has 0 aliphatic rings. The molecule has 31 heavy (non-hydrogen) atoms. The second-order valence-corrected chi connectivity index (χ2v) is 7.53. The number of ether oxygens (including phenoxy) is 1. The molecule has 0 bridgehead atoms. The lowest BCUT2D eigenvalue weighted by atomic mass is 10.2. The fourth-order valence-corrected chi connectivity index (χ4v) is 3.68. The molecule has 1 aromatic carbocycles. The first-order valence-electron chi connectivity index (χ1n) is 9.72. The molecule has 9 nitrogen and oxygen atoms in total. The van der Waals surface area contributed by atoms with E-state index in [2.05, 4.69) is 25.8 Å². The van der Waals surface area contributed by atoms with Gasteiger partial charge in [-0.3, -0.25) is 14.6 Å². The minimum atomic E-state index is -0.361. The lowest BCUT2D eigenvalue weighted by Crippen LogP contribution is -2.28. The minimum absolute atomic E-state index is 0.161. The van der Waals surface area contributed by atoms with Crippen LogP contribution >= 0.6 is 11.8 Å². The summed E-state index contributed by atoms with van der Waals surface area (Å²) < 4.78 is 7.01. The van der Waals surface area contributed by atoms with E-state index < -0.39 is 0 Å². The summed E-state index contributed by atoms with van der Waals surface area (Å²) in [6, 6.07) is 10.0. The van der Waals surface area contributed by atoms with E-state index in [0.29, 0.717) is 34.5 Å². The van der Waals surface area contributed by atoms with E-state index in [4.69, 9.17) is 4.74 Å². The highest BCUT2D eigenvalue weighted by Crippen LogP contribution is 2.21. The lowest BCUT2D eigenvalue weighted by Gasteiger charge is -2.15. The zero-order chi connectivity index (χ0) is 22.2. The Morgan fingerprint density at radius 3 is 2.61 bits per heavy atom. The Bertz CT molecular complexity index is 1020. The number of nitrogens with zero attached hydrogens (tertiary/aromatic N) is 4. The van der Waals surface area contributed by atoms with Crippen LogP contribution in [0.3, 0.4) is 0 Å². The SMILES string of the molecule is CCn1c(SCC(=O)Nc2cccnc2)nnc1[C@@H](C)NC(=O)c1ccc(OC)cc1. The standard InChI is InChI=1S/C21H24N6O3S/c1-4-27-19(14(2)23-20(29)15-7-9-17(30-3)10-8-15)25-26-21(27)31-13-18(28)24-16-6-5-11-22-12-16/h5-12,14H,4,13H2,1-3H3,(H,23,29)(H,24,28)/t14-/m1/s1.